The first-order valence-electron chi connectivity index (χ1n) is 6.26. The van der Waals surface area contributed by atoms with Crippen LogP contribution in [0.1, 0.15) is 17.5 Å². The van der Waals surface area contributed by atoms with E-state index < -0.39 is 0 Å². The summed E-state index contributed by atoms with van der Waals surface area (Å²) < 4.78 is 5.84. The molecule has 2 rings (SSSR count). The van der Waals surface area contributed by atoms with Gasteiger partial charge in [0.1, 0.15) is 12.4 Å². The summed E-state index contributed by atoms with van der Waals surface area (Å²) in [6, 6.07) is 6.19. The molecule has 0 spiro atoms. The first kappa shape index (κ1) is 12.4. The molecule has 17 heavy (non-hydrogen) atoms. The molecule has 1 aromatic rings. The van der Waals surface area contributed by atoms with Crippen LogP contribution in [0.2, 0.25) is 0 Å². The lowest BCUT2D eigenvalue weighted by atomic mass is 10.1. The molecule has 0 aromatic heterocycles. The number of aryl methyl sites for hydroxylation is 2. The lowest BCUT2D eigenvalue weighted by molar-refractivity contribution is 0.167. The van der Waals surface area contributed by atoms with Crippen molar-refractivity contribution in [3.8, 4) is 5.75 Å². The first-order chi connectivity index (χ1) is 8.16. The Labute approximate surface area is 103 Å². The van der Waals surface area contributed by atoms with Crippen LogP contribution in [0.5, 0.6) is 5.75 Å². The van der Waals surface area contributed by atoms with E-state index in [1.807, 2.05) is 6.07 Å². The summed E-state index contributed by atoms with van der Waals surface area (Å²) in [4.78, 5) is 2.25. The van der Waals surface area contributed by atoms with Crippen LogP contribution >= 0.6 is 0 Å². The van der Waals surface area contributed by atoms with Crippen molar-refractivity contribution in [2.24, 2.45) is 0 Å². The Morgan fingerprint density at radius 3 is 2.65 bits per heavy atom. The fourth-order valence-electron chi connectivity index (χ4n) is 2.32. The van der Waals surface area contributed by atoms with Crippen LogP contribution in [0.15, 0.2) is 18.2 Å². The Morgan fingerprint density at radius 2 is 2.06 bits per heavy atom. The lowest BCUT2D eigenvalue weighted by Crippen LogP contribution is -2.27. The zero-order valence-electron chi connectivity index (χ0n) is 10.6. The van der Waals surface area contributed by atoms with E-state index in [1.54, 1.807) is 0 Å². The third kappa shape index (κ3) is 3.20. The fourth-order valence-corrected chi connectivity index (χ4v) is 2.32. The van der Waals surface area contributed by atoms with Gasteiger partial charge in [-0.3, -0.25) is 4.90 Å². The summed E-state index contributed by atoms with van der Waals surface area (Å²) in [7, 11) is 0. The minimum absolute atomic E-state index is 0.143. The van der Waals surface area contributed by atoms with E-state index in [4.69, 9.17) is 4.74 Å². The highest BCUT2D eigenvalue weighted by molar-refractivity contribution is 5.39. The Hall–Kier alpha value is -1.06. The van der Waals surface area contributed by atoms with Crippen LogP contribution in [-0.4, -0.2) is 42.4 Å². The van der Waals surface area contributed by atoms with Gasteiger partial charge in [0.05, 0.1) is 6.10 Å². The number of aliphatic hydroxyl groups excluding tert-OH is 1. The van der Waals surface area contributed by atoms with Crippen molar-refractivity contribution in [1.29, 1.82) is 0 Å². The number of likely N-dealkylation sites (tertiary alicyclic amines) is 1. The molecule has 1 fully saturated rings. The van der Waals surface area contributed by atoms with E-state index in [1.165, 1.54) is 11.1 Å². The highest BCUT2D eigenvalue weighted by Crippen LogP contribution is 2.22. The average molecular weight is 235 g/mol. The average Bonchev–Trinajstić information content (AvgIpc) is 2.69. The number of rotatable bonds is 4. The topological polar surface area (TPSA) is 32.7 Å². The molecule has 3 nitrogen and oxygen atoms in total. The van der Waals surface area contributed by atoms with Crippen molar-refractivity contribution in [3.05, 3.63) is 29.3 Å². The number of aliphatic hydroxyl groups is 1. The molecular formula is C14H21NO2. The van der Waals surface area contributed by atoms with Crippen molar-refractivity contribution < 1.29 is 9.84 Å². The molecule has 1 aliphatic heterocycles. The van der Waals surface area contributed by atoms with Crippen molar-refractivity contribution >= 4 is 0 Å². The van der Waals surface area contributed by atoms with Gasteiger partial charge >= 0.3 is 0 Å². The molecule has 1 aliphatic rings. The highest BCUT2D eigenvalue weighted by atomic mass is 16.5. The van der Waals surface area contributed by atoms with Gasteiger partial charge in [-0.2, -0.15) is 0 Å². The molecule has 1 N–H and O–H groups in total. The third-order valence-electron chi connectivity index (χ3n) is 3.31. The van der Waals surface area contributed by atoms with Gasteiger partial charge < -0.3 is 9.84 Å². The van der Waals surface area contributed by atoms with Crippen LogP contribution in [0.25, 0.3) is 0 Å². The second-order valence-corrected chi connectivity index (χ2v) is 4.81. The van der Waals surface area contributed by atoms with E-state index in [0.717, 1.165) is 31.8 Å². The molecule has 0 saturated carbocycles. The maximum absolute atomic E-state index is 9.42. The monoisotopic (exact) mass is 235 g/mol. The Kier molecular flexibility index (Phi) is 4.02. The fraction of sp³-hybridized carbons (Fsp3) is 0.571. The molecule has 1 atom stereocenters. The van der Waals surface area contributed by atoms with Crippen LogP contribution < -0.4 is 4.74 Å². The van der Waals surface area contributed by atoms with E-state index in [-0.39, 0.29) is 6.10 Å². The summed E-state index contributed by atoms with van der Waals surface area (Å²) in [6.07, 6.45) is 0.749. The van der Waals surface area contributed by atoms with Crippen LogP contribution in [0.3, 0.4) is 0 Å². The van der Waals surface area contributed by atoms with Crippen molar-refractivity contribution in [3.63, 3.8) is 0 Å². The molecule has 0 aliphatic carbocycles. The summed E-state index contributed by atoms with van der Waals surface area (Å²) in [5, 5.41) is 9.42. The minimum atomic E-state index is -0.143. The summed E-state index contributed by atoms with van der Waals surface area (Å²) in [5.41, 5.74) is 2.37. The van der Waals surface area contributed by atoms with E-state index in [0.29, 0.717) is 6.61 Å². The minimum Gasteiger partial charge on any atom is -0.492 e. The summed E-state index contributed by atoms with van der Waals surface area (Å²) >= 11 is 0. The summed E-state index contributed by atoms with van der Waals surface area (Å²) in [5.74, 6) is 1.01. The molecule has 0 amide bonds. The van der Waals surface area contributed by atoms with E-state index in [2.05, 4.69) is 30.9 Å². The molecule has 0 unspecified atom stereocenters. The number of β-amino-alcohol motifs (C(OH)–C–C–N with tert-alkyl or cyclic N) is 1. The first-order valence-corrected chi connectivity index (χ1v) is 6.26. The van der Waals surface area contributed by atoms with Gasteiger partial charge in [-0.25, -0.2) is 0 Å². The van der Waals surface area contributed by atoms with Gasteiger partial charge in [0.15, 0.2) is 0 Å². The third-order valence-corrected chi connectivity index (χ3v) is 3.31. The SMILES string of the molecule is Cc1cccc(C)c1OCCN1CC[C@H](O)C1. The van der Waals surface area contributed by atoms with Gasteiger partial charge in [-0.15, -0.1) is 0 Å². The maximum atomic E-state index is 9.42. The Balaban J connectivity index is 1.82. The predicted molar refractivity (Wildman–Crippen MR) is 68.5 cm³/mol. The zero-order chi connectivity index (χ0) is 12.3. The number of nitrogens with zero attached hydrogens (tertiary/aromatic N) is 1. The maximum Gasteiger partial charge on any atom is 0.125 e. The second-order valence-electron chi connectivity index (χ2n) is 4.81. The van der Waals surface area contributed by atoms with Crippen LogP contribution in [-0.2, 0) is 0 Å². The standard InChI is InChI=1S/C14H21NO2/c1-11-4-3-5-12(2)14(11)17-9-8-15-7-6-13(16)10-15/h3-5,13,16H,6-10H2,1-2H3/t13-/m0/s1. The number of hydrogen-bond donors (Lipinski definition) is 1. The molecule has 3 heteroatoms. The molecule has 0 bridgehead atoms. The largest absolute Gasteiger partial charge is 0.492 e. The number of hydrogen-bond acceptors (Lipinski definition) is 3. The molecule has 1 aromatic carbocycles. The van der Waals surface area contributed by atoms with E-state index >= 15 is 0 Å². The number of ether oxygens (including phenoxy) is 1. The molecule has 1 saturated heterocycles. The quantitative estimate of drug-likeness (QED) is 0.863. The van der Waals surface area contributed by atoms with Crippen LogP contribution in [0, 0.1) is 13.8 Å². The van der Waals surface area contributed by atoms with Crippen molar-refractivity contribution in [2.45, 2.75) is 26.4 Å². The molecule has 1 heterocycles. The van der Waals surface area contributed by atoms with Gasteiger partial charge in [-0.05, 0) is 31.4 Å². The predicted octanol–water partition coefficient (Wildman–Crippen LogP) is 1.75. The Morgan fingerprint density at radius 1 is 1.35 bits per heavy atom. The van der Waals surface area contributed by atoms with Crippen LogP contribution in [0.4, 0.5) is 0 Å². The molecule has 94 valence electrons. The summed E-state index contributed by atoms with van der Waals surface area (Å²) in [6.45, 7) is 7.50. The van der Waals surface area contributed by atoms with Gasteiger partial charge in [0.25, 0.3) is 0 Å². The Bertz CT molecular complexity index is 358. The normalized spacial score (nSPS) is 20.8. The molecule has 0 radical (unpaired) electrons. The highest BCUT2D eigenvalue weighted by Gasteiger charge is 2.19. The van der Waals surface area contributed by atoms with Gasteiger partial charge in [0.2, 0.25) is 0 Å². The smallest absolute Gasteiger partial charge is 0.125 e. The van der Waals surface area contributed by atoms with E-state index in [9.17, 15) is 5.11 Å². The molecular weight excluding hydrogens is 214 g/mol. The van der Waals surface area contributed by atoms with Gasteiger partial charge in [-0.1, -0.05) is 18.2 Å². The zero-order valence-corrected chi connectivity index (χ0v) is 10.6. The van der Waals surface area contributed by atoms with Gasteiger partial charge in [0, 0.05) is 19.6 Å². The van der Waals surface area contributed by atoms with Crippen molar-refractivity contribution in [2.75, 3.05) is 26.2 Å². The van der Waals surface area contributed by atoms with Crippen molar-refractivity contribution in [1.82, 2.24) is 4.90 Å². The second kappa shape index (κ2) is 5.52. The number of benzene rings is 1. The number of para-hydroxylation sites is 1. The lowest BCUT2D eigenvalue weighted by Gasteiger charge is -2.17.